The molecular weight excluding hydrogens is 504 g/mol. The van der Waals surface area contributed by atoms with Crippen molar-refractivity contribution in [1.82, 2.24) is 19.2 Å². The van der Waals surface area contributed by atoms with Gasteiger partial charge in [0.2, 0.25) is 11.8 Å². The summed E-state index contributed by atoms with van der Waals surface area (Å²) in [6.45, 7) is -2.11. The average Bonchev–Trinajstić information content (AvgIpc) is 2.96. The molecule has 0 spiro atoms. The normalized spacial score (nSPS) is 24.0. The SMILES string of the molecule is CNC(=O)CN1[C@@H](COc2ccccc2)[C@@H](O)[C@H](O)[C@H](COc2ccccc2)N(CC(=O)NC)S1(=O)=O. The van der Waals surface area contributed by atoms with Crippen molar-refractivity contribution in [3.05, 3.63) is 60.7 Å². The number of likely N-dealkylation sites (N-methyl/N-ethyl adjacent to an activating group) is 2. The first-order valence-electron chi connectivity index (χ1n) is 11.6. The molecule has 2 amide bonds. The van der Waals surface area contributed by atoms with Crippen LogP contribution in [-0.2, 0) is 19.8 Å². The minimum Gasteiger partial charge on any atom is -0.492 e. The Labute approximate surface area is 216 Å². The maximum atomic E-state index is 13.9. The van der Waals surface area contributed by atoms with E-state index in [1.807, 2.05) is 0 Å². The predicted octanol–water partition coefficient (Wildman–Crippen LogP) is -1.04. The maximum absolute atomic E-state index is 13.9. The van der Waals surface area contributed by atoms with E-state index in [4.69, 9.17) is 9.47 Å². The number of benzene rings is 2. The molecule has 12 nitrogen and oxygen atoms in total. The van der Waals surface area contributed by atoms with Gasteiger partial charge >= 0.3 is 0 Å². The number of rotatable bonds is 10. The second kappa shape index (κ2) is 12.8. The van der Waals surface area contributed by atoms with Crippen LogP contribution in [0.5, 0.6) is 11.5 Å². The summed E-state index contributed by atoms with van der Waals surface area (Å²) in [6.07, 6.45) is -3.38. The number of aliphatic hydroxyl groups excluding tert-OH is 2. The highest BCUT2D eigenvalue weighted by atomic mass is 32.2. The number of carbonyl (C=O) groups is 2. The van der Waals surface area contributed by atoms with Crippen LogP contribution in [0.15, 0.2) is 60.7 Å². The molecule has 4 N–H and O–H groups in total. The number of amides is 2. The molecule has 1 fully saturated rings. The third kappa shape index (κ3) is 6.96. The minimum atomic E-state index is -4.62. The third-order valence-corrected chi connectivity index (χ3v) is 7.94. The molecule has 1 aliphatic rings. The number of para-hydroxylation sites is 2. The second-order valence-corrected chi connectivity index (χ2v) is 10.1. The van der Waals surface area contributed by atoms with Crippen LogP contribution in [0, 0.1) is 0 Å². The van der Waals surface area contributed by atoms with E-state index in [0.717, 1.165) is 8.61 Å². The van der Waals surface area contributed by atoms with Crippen LogP contribution in [0.25, 0.3) is 0 Å². The zero-order valence-corrected chi connectivity index (χ0v) is 21.4. The number of aliphatic hydroxyl groups is 2. The Morgan fingerprint density at radius 1 is 0.757 bits per heavy atom. The minimum absolute atomic E-state index is 0.376. The van der Waals surface area contributed by atoms with Crippen LogP contribution in [0.3, 0.4) is 0 Å². The highest BCUT2D eigenvalue weighted by Gasteiger charge is 2.52. The van der Waals surface area contributed by atoms with Crippen molar-refractivity contribution >= 4 is 22.0 Å². The number of hydrogen-bond donors (Lipinski definition) is 4. The van der Waals surface area contributed by atoms with Gasteiger partial charge in [0.1, 0.15) is 36.9 Å². The van der Waals surface area contributed by atoms with Gasteiger partial charge in [-0.3, -0.25) is 9.59 Å². The van der Waals surface area contributed by atoms with E-state index >= 15 is 0 Å². The standard InChI is InChI=1S/C24H32N4O8S/c1-25-21(29)13-27-19(15-35-17-9-5-3-6-10-17)23(31)24(32)20(16-36-18-11-7-4-8-12-18)28(37(27,33)34)14-22(30)26-2/h3-12,19-20,23-24,31-32H,13-16H2,1-2H3,(H,25,29)(H,26,30)/t19-,20-,23+,24+/m0/s1. The molecule has 3 rings (SSSR count). The Balaban J connectivity index is 2.02. The predicted molar refractivity (Wildman–Crippen MR) is 134 cm³/mol. The van der Waals surface area contributed by atoms with Crippen molar-refractivity contribution in [3.63, 3.8) is 0 Å². The van der Waals surface area contributed by atoms with Crippen LogP contribution in [0.1, 0.15) is 0 Å². The fourth-order valence-corrected chi connectivity index (χ4v) is 5.76. The van der Waals surface area contributed by atoms with Crippen LogP contribution < -0.4 is 20.1 Å². The van der Waals surface area contributed by atoms with E-state index in [0.29, 0.717) is 11.5 Å². The van der Waals surface area contributed by atoms with Crippen LogP contribution in [0.4, 0.5) is 0 Å². The molecule has 1 saturated heterocycles. The lowest BCUT2D eigenvalue weighted by atomic mass is 9.99. The lowest BCUT2D eigenvalue weighted by molar-refractivity contribution is -0.123. The molecule has 2 aromatic carbocycles. The van der Waals surface area contributed by atoms with Gasteiger partial charge in [-0.05, 0) is 24.3 Å². The molecule has 2 aromatic rings. The molecule has 13 heteroatoms. The molecule has 0 aromatic heterocycles. The van der Waals surface area contributed by atoms with Gasteiger partial charge in [0, 0.05) is 14.1 Å². The van der Waals surface area contributed by atoms with E-state index in [2.05, 4.69) is 10.6 Å². The molecular formula is C24H32N4O8S. The molecule has 202 valence electrons. The number of ether oxygens (including phenoxy) is 2. The Morgan fingerprint density at radius 3 is 1.43 bits per heavy atom. The highest BCUT2D eigenvalue weighted by Crippen LogP contribution is 2.28. The van der Waals surface area contributed by atoms with Crippen LogP contribution in [0.2, 0.25) is 0 Å². The van der Waals surface area contributed by atoms with Gasteiger partial charge < -0.3 is 30.3 Å². The molecule has 0 bridgehead atoms. The van der Waals surface area contributed by atoms with Gasteiger partial charge in [0.05, 0.1) is 25.2 Å². The molecule has 1 aliphatic heterocycles. The van der Waals surface area contributed by atoms with E-state index < -0.39 is 59.4 Å². The zero-order valence-electron chi connectivity index (χ0n) is 20.6. The fraction of sp³-hybridized carbons (Fsp3) is 0.417. The summed E-state index contributed by atoms with van der Waals surface area (Å²) in [5, 5.41) is 27.1. The topological polar surface area (TPSA) is 158 Å². The monoisotopic (exact) mass is 536 g/mol. The molecule has 0 aliphatic carbocycles. The molecule has 1 heterocycles. The fourth-order valence-electron chi connectivity index (χ4n) is 3.87. The first-order valence-corrected chi connectivity index (χ1v) is 13.0. The van der Waals surface area contributed by atoms with Gasteiger partial charge in [0.15, 0.2) is 0 Å². The number of hydrogen-bond acceptors (Lipinski definition) is 8. The Bertz CT molecular complexity index is 1050. The summed E-state index contributed by atoms with van der Waals surface area (Å²) in [4.78, 5) is 24.7. The third-order valence-electron chi connectivity index (χ3n) is 5.96. The van der Waals surface area contributed by atoms with Crippen LogP contribution >= 0.6 is 0 Å². The van der Waals surface area contributed by atoms with E-state index in [-0.39, 0.29) is 13.2 Å². The van der Waals surface area contributed by atoms with Gasteiger partial charge in [0.25, 0.3) is 10.2 Å². The Hall–Kier alpha value is -3.23. The number of carbonyl (C=O) groups excluding carboxylic acids is 2. The highest BCUT2D eigenvalue weighted by molar-refractivity contribution is 7.86. The number of nitrogens with zero attached hydrogens (tertiary/aromatic N) is 2. The van der Waals surface area contributed by atoms with Crippen molar-refractivity contribution in [3.8, 4) is 11.5 Å². The molecule has 0 unspecified atom stereocenters. The summed E-state index contributed by atoms with van der Waals surface area (Å²) < 4.78 is 40.8. The molecule has 4 atom stereocenters. The summed E-state index contributed by atoms with van der Waals surface area (Å²) in [5.74, 6) is -0.517. The summed E-state index contributed by atoms with van der Waals surface area (Å²) >= 11 is 0. The van der Waals surface area contributed by atoms with Gasteiger partial charge in [-0.1, -0.05) is 36.4 Å². The quantitative estimate of drug-likeness (QED) is 0.300. The summed E-state index contributed by atoms with van der Waals surface area (Å²) in [6, 6.07) is 14.3. The maximum Gasteiger partial charge on any atom is 0.283 e. The van der Waals surface area contributed by atoms with Crippen LogP contribution in [-0.4, -0.2) is 104 Å². The van der Waals surface area contributed by atoms with Crippen molar-refractivity contribution in [2.45, 2.75) is 24.3 Å². The van der Waals surface area contributed by atoms with E-state index in [9.17, 15) is 28.2 Å². The summed E-state index contributed by atoms with van der Waals surface area (Å²) in [7, 11) is -1.94. The van der Waals surface area contributed by atoms with Gasteiger partial charge in [-0.15, -0.1) is 0 Å². The molecule has 0 saturated carbocycles. The number of nitrogens with one attached hydrogen (secondary N) is 2. The first kappa shape index (κ1) is 28.3. The average molecular weight is 537 g/mol. The largest absolute Gasteiger partial charge is 0.492 e. The first-order chi connectivity index (χ1) is 17.7. The van der Waals surface area contributed by atoms with E-state index in [1.165, 1.54) is 14.1 Å². The molecule has 37 heavy (non-hydrogen) atoms. The Kier molecular flexibility index (Phi) is 9.83. The zero-order chi connectivity index (χ0) is 27.0. The van der Waals surface area contributed by atoms with Gasteiger partial charge in [-0.25, -0.2) is 0 Å². The summed E-state index contributed by atoms with van der Waals surface area (Å²) in [5.41, 5.74) is 0. The molecule has 0 radical (unpaired) electrons. The van der Waals surface area contributed by atoms with Crippen molar-refractivity contribution < 1.29 is 37.7 Å². The Morgan fingerprint density at radius 2 is 1.11 bits per heavy atom. The smallest absolute Gasteiger partial charge is 0.283 e. The lowest BCUT2D eigenvalue weighted by Gasteiger charge is -2.33. The van der Waals surface area contributed by atoms with E-state index in [1.54, 1.807) is 60.7 Å². The van der Waals surface area contributed by atoms with Crippen molar-refractivity contribution in [2.24, 2.45) is 0 Å². The lowest BCUT2D eigenvalue weighted by Crippen LogP contribution is -2.56. The van der Waals surface area contributed by atoms with Crippen molar-refractivity contribution in [2.75, 3.05) is 40.4 Å². The second-order valence-electron chi connectivity index (χ2n) is 8.31. The van der Waals surface area contributed by atoms with Gasteiger partial charge in [-0.2, -0.15) is 17.0 Å². The van der Waals surface area contributed by atoms with Crippen molar-refractivity contribution in [1.29, 1.82) is 0 Å².